The molecule has 0 spiro atoms. The number of rotatable bonds is 3. The number of aliphatic hydroxyl groups excluding tert-OH is 1. The van der Waals surface area contributed by atoms with Crippen LogP contribution >= 0.6 is 0 Å². The normalized spacial score (nSPS) is 12.5. The summed E-state index contributed by atoms with van der Waals surface area (Å²) in [4.78, 5) is 4.21. The minimum Gasteiger partial charge on any atom is -0.382 e. The zero-order chi connectivity index (χ0) is 14.0. The lowest BCUT2D eigenvalue weighted by molar-refractivity contribution is 0.208. The fraction of sp³-hybridized carbons (Fsp3) is 0.312. The van der Waals surface area contributed by atoms with E-state index in [1.54, 1.807) is 6.20 Å². The van der Waals surface area contributed by atoms with Gasteiger partial charge in [-0.05, 0) is 49.1 Å². The average Bonchev–Trinajstić information content (AvgIpc) is 2.37. The Morgan fingerprint density at radius 1 is 1.32 bits per heavy atom. The largest absolute Gasteiger partial charge is 0.382 e. The number of nitrogens with zero attached hydrogens (tertiary/aromatic N) is 1. The molecular formula is C16H18FNO. The Morgan fingerprint density at radius 2 is 2.05 bits per heavy atom. The van der Waals surface area contributed by atoms with Crippen LogP contribution in [0.4, 0.5) is 4.39 Å². The molecule has 0 radical (unpaired) electrons. The molecule has 0 aliphatic heterocycles. The number of aliphatic hydroxyl groups is 1. The van der Waals surface area contributed by atoms with E-state index in [0.717, 1.165) is 23.1 Å². The molecule has 1 aromatic heterocycles. The van der Waals surface area contributed by atoms with Crippen molar-refractivity contribution < 1.29 is 9.50 Å². The summed E-state index contributed by atoms with van der Waals surface area (Å²) in [6.45, 7) is 5.64. The summed E-state index contributed by atoms with van der Waals surface area (Å²) in [5.74, 6) is -0.377. The third-order valence-electron chi connectivity index (χ3n) is 3.32. The summed E-state index contributed by atoms with van der Waals surface area (Å²) in [7, 11) is 0. The lowest BCUT2D eigenvalue weighted by atomic mass is 9.95. The summed E-state index contributed by atoms with van der Waals surface area (Å²) in [5, 5.41) is 10.5. The number of hydrogen-bond donors (Lipinski definition) is 1. The zero-order valence-electron chi connectivity index (χ0n) is 11.4. The number of aryl methyl sites for hydroxylation is 3. The molecule has 100 valence electrons. The van der Waals surface area contributed by atoms with Crippen LogP contribution in [0.25, 0.3) is 0 Å². The molecule has 3 heteroatoms. The van der Waals surface area contributed by atoms with Crippen LogP contribution in [0.5, 0.6) is 0 Å². The topological polar surface area (TPSA) is 33.1 Å². The first-order chi connectivity index (χ1) is 9.04. The Hall–Kier alpha value is -1.74. The molecule has 1 atom stereocenters. The molecule has 0 saturated heterocycles. The zero-order valence-corrected chi connectivity index (χ0v) is 11.4. The number of pyridine rings is 1. The minimum absolute atomic E-state index is 0.319. The van der Waals surface area contributed by atoms with E-state index in [1.807, 2.05) is 39.0 Å². The summed E-state index contributed by atoms with van der Waals surface area (Å²) < 4.78 is 14.1. The van der Waals surface area contributed by atoms with Gasteiger partial charge in [0, 0.05) is 11.8 Å². The first-order valence-electron chi connectivity index (χ1n) is 6.43. The lowest BCUT2D eigenvalue weighted by Gasteiger charge is -2.17. The third-order valence-corrected chi connectivity index (χ3v) is 3.32. The van der Waals surface area contributed by atoms with Crippen molar-refractivity contribution >= 4 is 0 Å². The average molecular weight is 259 g/mol. The number of hydrogen-bond acceptors (Lipinski definition) is 2. The van der Waals surface area contributed by atoms with E-state index >= 15 is 0 Å². The number of aromatic nitrogens is 1. The molecule has 1 aromatic carbocycles. The predicted octanol–water partition coefficient (Wildman–Crippen LogP) is 3.48. The third kappa shape index (κ3) is 2.66. The van der Waals surface area contributed by atoms with E-state index in [4.69, 9.17) is 0 Å². The molecule has 0 fully saturated rings. The van der Waals surface area contributed by atoms with Crippen LogP contribution in [0.3, 0.4) is 0 Å². The van der Waals surface area contributed by atoms with Crippen LogP contribution in [-0.4, -0.2) is 10.1 Å². The van der Waals surface area contributed by atoms with Crippen LogP contribution < -0.4 is 0 Å². The first-order valence-corrected chi connectivity index (χ1v) is 6.43. The van der Waals surface area contributed by atoms with Crippen molar-refractivity contribution in [2.45, 2.75) is 33.3 Å². The monoisotopic (exact) mass is 259 g/mol. The standard InChI is InChI=1S/C16H18FNO/c1-4-12-6-5-7-18-15(12)16(19)14-11(3)8-10(2)9-13(14)17/h5-9,16,19H,4H2,1-3H3. The highest BCUT2D eigenvalue weighted by atomic mass is 19.1. The van der Waals surface area contributed by atoms with E-state index in [0.29, 0.717) is 11.3 Å². The van der Waals surface area contributed by atoms with Crippen molar-refractivity contribution in [3.63, 3.8) is 0 Å². The van der Waals surface area contributed by atoms with E-state index in [-0.39, 0.29) is 5.82 Å². The smallest absolute Gasteiger partial charge is 0.129 e. The highest BCUT2D eigenvalue weighted by molar-refractivity contribution is 5.39. The van der Waals surface area contributed by atoms with Crippen LogP contribution in [0.1, 0.15) is 41.0 Å². The van der Waals surface area contributed by atoms with Gasteiger partial charge in [0.25, 0.3) is 0 Å². The highest BCUT2D eigenvalue weighted by Crippen LogP contribution is 2.29. The number of halogens is 1. The van der Waals surface area contributed by atoms with Crippen molar-refractivity contribution in [1.29, 1.82) is 0 Å². The Kier molecular flexibility index (Phi) is 3.96. The van der Waals surface area contributed by atoms with Gasteiger partial charge in [0.15, 0.2) is 0 Å². The van der Waals surface area contributed by atoms with Crippen LogP contribution in [-0.2, 0) is 6.42 Å². The van der Waals surface area contributed by atoms with E-state index in [9.17, 15) is 9.50 Å². The molecule has 1 N–H and O–H groups in total. The van der Waals surface area contributed by atoms with Crippen LogP contribution in [0.2, 0.25) is 0 Å². The van der Waals surface area contributed by atoms with E-state index in [1.165, 1.54) is 6.07 Å². The molecule has 0 saturated carbocycles. The molecule has 2 aromatic rings. The van der Waals surface area contributed by atoms with Gasteiger partial charge < -0.3 is 5.11 Å². The fourth-order valence-corrected chi connectivity index (χ4v) is 2.41. The lowest BCUT2D eigenvalue weighted by Crippen LogP contribution is -2.10. The second kappa shape index (κ2) is 5.49. The molecule has 0 bridgehead atoms. The maximum absolute atomic E-state index is 14.1. The van der Waals surface area contributed by atoms with Crippen molar-refractivity contribution in [2.75, 3.05) is 0 Å². The van der Waals surface area contributed by atoms with Crippen LogP contribution in [0.15, 0.2) is 30.5 Å². The van der Waals surface area contributed by atoms with Gasteiger partial charge in [-0.15, -0.1) is 0 Å². The Bertz CT molecular complexity index is 572. The highest BCUT2D eigenvalue weighted by Gasteiger charge is 2.21. The van der Waals surface area contributed by atoms with Gasteiger partial charge in [0.2, 0.25) is 0 Å². The molecule has 1 heterocycles. The quantitative estimate of drug-likeness (QED) is 0.915. The molecule has 2 nitrogen and oxygen atoms in total. The Labute approximate surface area is 112 Å². The first kappa shape index (κ1) is 13.7. The second-order valence-electron chi connectivity index (χ2n) is 4.78. The second-order valence-corrected chi connectivity index (χ2v) is 4.78. The maximum atomic E-state index is 14.1. The van der Waals surface area contributed by atoms with Gasteiger partial charge in [-0.3, -0.25) is 4.98 Å². The van der Waals surface area contributed by atoms with Crippen LogP contribution in [0, 0.1) is 19.7 Å². The van der Waals surface area contributed by atoms with Gasteiger partial charge in [0.05, 0.1) is 5.69 Å². The summed E-state index contributed by atoms with van der Waals surface area (Å²) >= 11 is 0. The molecule has 19 heavy (non-hydrogen) atoms. The van der Waals surface area contributed by atoms with Gasteiger partial charge >= 0.3 is 0 Å². The molecular weight excluding hydrogens is 241 g/mol. The van der Waals surface area contributed by atoms with Crippen molar-refractivity contribution in [1.82, 2.24) is 4.98 Å². The molecule has 2 rings (SSSR count). The van der Waals surface area contributed by atoms with Crippen molar-refractivity contribution in [2.24, 2.45) is 0 Å². The summed E-state index contributed by atoms with van der Waals surface area (Å²) in [6, 6.07) is 7.05. The predicted molar refractivity (Wildman–Crippen MR) is 73.6 cm³/mol. The van der Waals surface area contributed by atoms with E-state index < -0.39 is 6.10 Å². The number of benzene rings is 1. The molecule has 1 unspecified atom stereocenters. The van der Waals surface area contributed by atoms with Gasteiger partial charge in [-0.2, -0.15) is 0 Å². The maximum Gasteiger partial charge on any atom is 0.129 e. The molecule has 0 amide bonds. The Morgan fingerprint density at radius 3 is 2.68 bits per heavy atom. The molecule has 0 aliphatic carbocycles. The van der Waals surface area contributed by atoms with E-state index in [2.05, 4.69) is 4.98 Å². The van der Waals surface area contributed by atoms with Crippen molar-refractivity contribution in [3.05, 3.63) is 64.2 Å². The van der Waals surface area contributed by atoms with Crippen molar-refractivity contribution in [3.8, 4) is 0 Å². The van der Waals surface area contributed by atoms with Gasteiger partial charge in [0.1, 0.15) is 11.9 Å². The minimum atomic E-state index is -1.02. The fourth-order valence-electron chi connectivity index (χ4n) is 2.41. The summed E-state index contributed by atoms with van der Waals surface area (Å²) in [6.07, 6.45) is 1.36. The van der Waals surface area contributed by atoms with Gasteiger partial charge in [-0.1, -0.05) is 19.1 Å². The SMILES string of the molecule is CCc1cccnc1C(O)c1c(C)cc(C)cc1F. The van der Waals surface area contributed by atoms with Gasteiger partial charge in [-0.25, -0.2) is 4.39 Å². The Balaban J connectivity index is 2.53. The molecule has 0 aliphatic rings. The summed E-state index contributed by atoms with van der Waals surface area (Å²) in [5.41, 5.74) is 3.39.